The Balaban J connectivity index is 1.82. The lowest BCUT2D eigenvalue weighted by Crippen LogP contribution is -2.24. The first kappa shape index (κ1) is 14.7. The van der Waals surface area contributed by atoms with E-state index in [1.54, 1.807) is 6.92 Å². The number of H-pyrrole nitrogens is 1. The van der Waals surface area contributed by atoms with Gasteiger partial charge in [0.25, 0.3) is 0 Å². The second-order valence-electron chi connectivity index (χ2n) is 5.13. The van der Waals surface area contributed by atoms with Crippen molar-refractivity contribution in [2.24, 2.45) is 0 Å². The van der Waals surface area contributed by atoms with Crippen LogP contribution in [-0.2, 0) is 16.6 Å². The van der Waals surface area contributed by atoms with Crippen LogP contribution >= 0.6 is 0 Å². The summed E-state index contributed by atoms with van der Waals surface area (Å²) in [5.74, 6) is -0.450. The van der Waals surface area contributed by atoms with Gasteiger partial charge < -0.3 is 4.98 Å². The molecule has 0 atom stereocenters. The highest BCUT2D eigenvalue weighted by molar-refractivity contribution is 7.89. The zero-order valence-corrected chi connectivity index (χ0v) is 12.7. The van der Waals surface area contributed by atoms with Gasteiger partial charge in [0.05, 0.1) is 4.90 Å². The average Bonchev–Trinajstić information content (AvgIpc) is 2.92. The summed E-state index contributed by atoms with van der Waals surface area (Å²) in [6.07, 6.45) is 1.83. The fraction of sp³-hybridized carbons (Fsp3) is 0.125. The van der Waals surface area contributed by atoms with Crippen molar-refractivity contribution < 1.29 is 12.8 Å². The normalized spacial score (nSPS) is 11.9. The molecule has 0 aliphatic rings. The van der Waals surface area contributed by atoms with Crippen LogP contribution in [0.2, 0.25) is 0 Å². The number of benzene rings is 2. The van der Waals surface area contributed by atoms with Gasteiger partial charge in [-0.1, -0.05) is 6.07 Å². The Morgan fingerprint density at radius 3 is 2.73 bits per heavy atom. The second-order valence-corrected chi connectivity index (χ2v) is 6.87. The quantitative estimate of drug-likeness (QED) is 0.776. The molecule has 114 valence electrons. The summed E-state index contributed by atoms with van der Waals surface area (Å²) in [6, 6.07) is 11.3. The highest BCUT2D eigenvalue weighted by Crippen LogP contribution is 2.18. The Morgan fingerprint density at radius 1 is 1.14 bits per heavy atom. The first-order valence-corrected chi connectivity index (χ1v) is 8.26. The highest BCUT2D eigenvalue weighted by atomic mass is 32.2. The number of aryl methyl sites for hydroxylation is 1. The van der Waals surface area contributed by atoms with Crippen molar-refractivity contribution in [3.05, 3.63) is 65.6 Å². The van der Waals surface area contributed by atoms with Crippen molar-refractivity contribution in [3.8, 4) is 0 Å². The van der Waals surface area contributed by atoms with E-state index in [1.807, 2.05) is 30.5 Å². The standard InChI is InChI=1S/C16H15FN2O2S/c1-11-8-14(17)3-5-16(11)22(20,21)19-10-12-2-4-15-13(9-12)6-7-18-15/h2-9,18-19H,10H2,1H3. The maximum Gasteiger partial charge on any atom is 0.241 e. The van der Waals surface area contributed by atoms with Crippen LogP contribution in [0.5, 0.6) is 0 Å². The second kappa shape index (κ2) is 5.55. The maximum atomic E-state index is 13.1. The molecular weight excluding hydrogens is 303 g/mol. The monoisotopic (exact) mass is 318 g/mol. The largest absolute Gasteiger partial charge is 0.361 e. The number of hydrogen-bond acceptors (Lipinski definition) is 2. The van der Waals surface area contributed by atoms with E-state index < -0.39 is 15.8 Å². The molecule has 2 aromatic carbocycles. The summed E-state index contributed by atoms with van der Waals surface area (Å²) >= 11 is 0. The number of fused-ring (bicyclic) bond motifs is 1. The Labute approximate surface area is 128 Å². The number of halogens is 1. The van der Waals surface area contributed by atoms with E-state index in [1.165, 1.54) is 12.1 Å². The topological polar surface area (TPSA) is 62.0 Å². The number of nitrogens with one attached hydrogen (secondary N) is 2. The predicted octanol–water partition coefficient (Wildman–Crippen LogP) is 3.09. The minimum absolute atomic E-state index is 0.0941. The summed E-state index contributed by atoms with van der Waals surface area (Å²) in [5.41, 5.74) is 2.24. The number of aromatic amines is 1. The lowest BCUT2D eigenvalue weighted by atomic mass is 10.1. The molecule has 0 saturated carbocycles. The van der Waals surface area contributed by atoms with Crippen LogP contribution in [0.3, 0.4) is 0 Å². The smallest absolute Gasteiger partial charge is 0.241 e. The molecule has 1 aromatic heterocycles. The Kier molecular flexibility index (Phi) is 3.72. The molecule has 0 radical (unpaired) electrons. The molecule has 2 N–H and O–H groups in total. The molecule has 3 aromatic rings. The van der Waals surface area contributed by atoms with Gasteiger partial charge >= 0.3 is 0 Å². The minimum atomic E-state index is -3.67. The van der Waals surface area contributed by atoms with Gasteiger partial charge in [0.1, 0.15) is 5.82 Å². The minimum Gasteiger partial charge on any atom is -0.361 e. The number of hydrogen-bond donors (Lipinski definition) is 2. The molecule has 1 heterocycles. The molecule has 0 unspecified atom stereocenters. The molecule has 0 aliphatic heterocycles. The fourth-order valence-corrected chi connectivity index (χ4v) is 3.63. The molecule has 4 nitrogen and oxygen atoms in total. The Bertz CT molecular complexity index is 932. The van der Waals surface area contributed by atoms with E-state index in [0.717, 1.165) is 22.5 Å². The van der Waals surface area contributed by atoms with E-state index in [2.05, 4.69) is 9.71 Å². The molecular formula is C16H15FN2O2S. The van der Waals surface area contributed by atoms with Crippen LogP contribution in [0.1, 0.15) is 11.1 Å². The molecule has 3 rings (SSSR count). The molecule has 6 heteroatoms. The van der Waals surface area contributed by atoms with Crippen molar-refractivity contribution in [1.82, 2.24) is 9.71 Å². The van der Waals surface area contributed by atoms with Gasteiger partial charge in [-0.05, 0) is 59.8 Å². The van der Waals surface area contributed by atoms with Crippen LogP contribution in [0.25, 0.3) is 10.9 Å². The van der Waals surface area contributed by atoms with E-state index in [0.29, 0.717) is 5.56 Å². The maximum absolute atomic E-state index is 13.1. The van der Waals surface area contributed by atoms with Crippen molar-refractivity contribution in [2.75, 3.05) is 0 Å². The summed E-state index contributed by atoms with van der Waals surface area (Å²) in [5, 5.41) is 1.02. The Morgan fingerprint density at radius 2 is 1.95 bits per heavy atom. The number of aromatic nitrogens is 1. The molecule has 0 spiro atoms. The summed E-state index contributed by atoms with van der Waals surface area (Å²) in [6.45, 7) is 1.75. The first-order valence-electron chi connectivity index (χ1n) is 6.77. The van der Waals surface area contributed by atoms with E-state index in [4.69, 9.17) is 0 Å². The van der Waals surface area contributed by atoms with Crippen LogP contribution in [-0.4, -0.2) is 13.4 Å². The van der Waals surface area contributed by atoms with Gasteiger partial charge in [0, 0.05) is 18.3 Å². The Hall–Kier alpha value is -2.18. The third-order valence-corrected chi connectivity index (χ3v) is 5.07. The van der Waals surface area contributed by atoms with Crippen LogP contribution in [0.15, 0.2) is 53.6 Å². The molecule has 0 aliphatic carbocycles. The van der Waals surface area contributed by atoms with Crippen molar-refractivity contribution in [1.29, 1.82) is 0 Å². The number of sulfonamides is 1. The molecule has 0 fully saturated rings. The van der Waals surface area contributed by atoms with Gasteiger partial charge in [-0.2, -0.15) is 0 Å². The fourth-order valence-electron chi connectivity index (χ4n) is 2.38. The van der Waals surface area contributed by atoms with Gasteiger partial charge in [0.15, 0.2) is 0 Å². The van der Waals surface area contributed by atoms with E-state index in [9.17, 15) is 12.8 Å². The van der Waals surface area contributed by atoms with Gasteiger partial charge in [-0.15, -0.1) is 0 Å². The SMILES string of the molecule is Cc1cc(F)ccc1S(=O)(=O)NCc1ccc2[nH]ccc2c1. The molecule has 0 amide bonds. The van der Waals surface area contributed by atoms with Gasteiger partial charge in [-0.3, -0.25) is 0 Å². The number of rotatable bonds is 4. The lowest BCUT2D eigenvalue weighted by molar-refractivity contribution is 0.579. The molecule has 22 heavy (non-hydrogen) atoms. The lowest BCUT2D eigenvalue weighted by Gasteiger charge is -2.09. The first-order chi connectivity index (χ1) is 10.5. The van der Waals surface area contributed by atoms with Crippen LogP contribution < -0.4 is 4.72 Å². The third kappa shape index (κ3) is 2.88. The molecule has 0 bridgehead atoms. The van der Waals surface area contributed by atoms with Crippen molar-refractivity contribution in [3.63, 3.8) is 0 Å². The summed E-state index contributed by atoms with van der Waals surface area (Å²) < 4.78 is 40.3. The zero-order chi connectivity index (χ0) is 15.7. The average molecular weight is 318 g/mol. The third-order valence-electron chi connectivity index (χ3n) is 3.51. The van der Waals surface area contributed by atoms with Crippen LogP contribution in [0.4, 0.5) is 4.39 Å². The summed E-state index contributed by atoms with van der Waals surface area (Å²) in [7, 11) is -3.67. The van der Waals surface area contributed by atoms with Crippen LogP contribution in [0, 0.1) is 12.7 Å². The predicted molar refractivity (Wildman–Crippen MR) is 83.5 cm³/mol. The zero-order valence-electron chi connectivity index (χ0n) is 11.9. The van der Waals surface area contributed by atoms with E-state index in [-0.39, 0.29) is 11.4 Å². The van der Waals surface area contributed by atoms with E-state index >= 15 is 0 Å². The van der Waals surface area contributed by atoms with Gasteiger partial charge in [0.2, 0.25) is 10.0 Å². The van der Waals surface area contributed by atoms with Crippen molar-refractivity contribution >= 4 is 20.9 Å². The highest BCUT2D eigenvalue weighted by Gasteiger charge is 2.16. The summed E-state index contributed by atoms with van der Waals surface area (Å²) in [4.78, 5) is 3.18. The van der Waals surface area contributed by atoms with Crippen molar-refractivity contribution in [2.45, 2.75) is 18.4 Å². The van der Waals surface area contributed by atoms with Gasteiger partial charge in [-0.25, -0.2) is 17.5 Å². The molecule has 0 saturated heterocycles.